The lowest BCUT2D eigenvalue weighted by atomic mass is 9.87. The van der Waals surface area contributed by atoms with Crippen molar-refractivity contribution in [3.05, 3.63) is 95.1 Å². The molecule has 3 aromatic rings. The molecule has 1 aliphatic rings. The van der Waals surface area contributed by atoms with Crippen molar-refractivity contribution < 1.29 is 14.2 Å². The summed E-state index contributed by atoms with van der Waals surface area (Å²) in [7, 11) is 1.73. The van der Waals surface area contributed by atoms with Gasteiger partial charge in [0.2, 0.25) is 0 Å². The van der Waals surface area contributed by atoms with Crippen molar-refractivity contribution in [2.24, 2.45) is 0 Å². The summed E-state index contributed by atoms with van der Waals surface area (Å²) in [5, 5.41) is 3.57. The summed E-state index contributed by atoms with van der Waals surface area (Å²) >= 11 is 0. The van der Waals surface area contributed by atoms with Crippen molar-refractivity contribution in [1.29, 1.82) is 0 Å². The van der Waals surface area contributed by atoms with E-state index in [0.29, 0.717) is 6.61 Å². The molecule has 0 bridgehead atoms. The van der Waals surface area contributed by atoms with Crippen LogP contribution in [0.2, 0.25) is 0 Å². The quantitative estimate of drug-likeness (QED) is 0.411. The maximum absolute atomic E-state index is 6.46. The normalized spacial score (nSPS) is 19.2. The number of nitrogens with one attached hydrogen (secondary N) is 1. The smallest absolute Gasteiger partial charge is 0.132 e. The molecule has 2 atom stereocenters. The molecule has 180 valence electrons. The molecule has 0 aromatic heterocycles. The molecule has 0 saturated heterocycles. The van der Waals surface area contributed by atoms with Crippen molar-refractivity contribution in [2.45, 2.75) is 71.0 Å². The van der Waals surface area contributed by atoms with Crippen LogP contribution in [-0.4, -0.2) is 18.8 Å². The molecule has 1 heterocycles. The SMILES string of the molecule is COC1C(OCc2ccccc2)c2cc(NCc3ccc(C(C)(C)C)cc3)ccc2OC1(C)C. The fourth-order valence-corrected chi connectivity index (χ4v) is 4.51. The van der Waals surface area contributed by atoms with Gasteiger partial charge in [0, 0.05) is 24.9 Å². The van der Waals surface area contributed by atoms with Crippen LogP contribution in [0.5, 0.6) is 5.75 Å². The first-order valence-electron chi connectivity index (χ1n) is 12.0. The van der Waals surface area contributed by atoms with E-state index in [0.717, 1.165) is 29.1 Å². The summed E-state index contributed by atoms with van der Waals surface area (Å²) in [6, 6.07) is 25.3. The van der Waals surface area contributed by atoms with Gasteiger partial charge < -0.3 is 19.5 Å². The van der Waals surface area contributed by atoms with Crippen molar-refractivity contribution in [3.8, 4) is 5.75 Å². The van der Waals surface area contributed by atoms with Crippen LogP contribution in [-0.2, 0) is 28.0 Å². The summed E-state index contributed by atoms with van der Waals surface area (Å²) in [6.07, 6.45) is -0.472. The molecule has 4 nitrogen and oxygen atoms in total. The molecule has 1 N–H and O–H groups in total. The van der Waals surface area contributed by atoms with Gasteiger partial charge in [0.1, 0.15) is 23.6 Å². The molecule has 4 heteroatoms. The lowest BCUT2D eigenvalue weighted by Crippen LogP contribution is -2.50. The van der Waals surface area contributed by atoms with Gasteiger partial charge in [0.25, 0.3) is 0 Å². The number of methoxy groups -OCH3 is 1. The van der Waals surface area contributed by atoms with Gasteiger partial charge >= 0.3 is 0 Å². The van der Waals surface area contributed by atoms with Gasteiger partial charge in [0.05, 0.1) is 6.61 Å². The number of anilines is 1. The van der Waals surface area contributed by atoms with Crippen molar-refractivity contribution in [3.63, 3.8) is 0 Å². The number of rotatable bonds is 7. The van der Waals surface area contributed by atoms with Crippen molar-refractivity contribution in [1.82, 2.24) is 0 Å². The van der Waals surface area contributed by atoms with Crippen LogP contribution in [0.3, 0.4) is 0 Å². The molecule has 0 aliphatic carbocycles. The molecule has 1 aliphatic heterocycles. The molecule has 0 fully saturated rings. The third kappa shape index (κ3) is 5.45. The second kappa shape index (κ2) is 9.81. The summed E-state index contributed by atoms with van der Waals surface area (Å²) in [6.45, 7) is 12.1. The highest BCUT2D eigenvalue weighted by Gasteiger charge is 2.45. The number of hydrogen-bond donors (Lipinski definition) is 1. The maximum atomic E-state index is 6.46. The van der Waals surface area contributed by atoms with Gasteiger partial charge in [-0.15, -0.1) is 0 Å². The minimum absolute atomic E-state index is 0.158. The maximum Gasteiger partial charge on any atom is 0.132 e. The molecule has 0 radical (unpaired) electrons. The van der Waals surface area contributed by atoms with Crippen molar-refractivity contribution >= 4 is 5.69 Å². The molecular formula is C30H37NO3. The first-order valence-corrected chi connectivity index (χ1v) is 12.0. The first kappa shape index (κ1) is 24.3. The fraction of sp³-hybridized carbons (Fsp3) is 0.400. The molecule has 0 spiro atoms. The average Bonchev–Trinajstić information content (AvgIpc) is 2.81. The Morgan fingerprint density at radius 2 is 1.62 bits per heavy atom. The zero-order valence-corrected chi connectivity index (χ0v) is 21.2. The van der Waals surface area contributed by atoms with Crippen LogP contribution in [0, 0.1) is 0 Å². The van der Waals surface area contributed by atoms with E-state index < -0.39 is 5.60 Å². The van der Waals surface area contributed by atoms with Gasteiger partial charge in [-0.05, 0) is 54.2 Å². The fourth-order valence-electron chi connectivity index (χ4n) is 4.51. The van der Waals surface area contributed by atoms with E-state index in [9.17, 15) is 0 Å². The topological polar surface area (TPSA) is 39.7 Å². The second-order valence-electron chi connectivity index (χ2n) is 10.6. The second-order valence-corrected chi connectivity index (χ2v) is 10.6. The zero-order chi connectivity index (χ0) is 24.3. The zero-order valence-electron chi connectivity index (χ0n) is 21.2. The first-order chi connectivity index (χ1) is 16.2. The Balaban J connectivity index is 1.54. The predicted octanol–water partition coefficient (Wildman–Crippen LogP) is 7.04. The monoisotopic (exact) mass is 459 g/mol. The molecule has 4 rings (SSSR count). The Kier molecular flexibility index (Phi) is 7.01. The van der Waals surface area contributed by atoms with Crippen LogP contribution in [0.15, 0.2) is 72.8 Å². The predicted molar refractivity (Wildman–Crippen MR) is 138 cm³/mol. The highest BCUT2D eigenvalue weighted by molar-refractivity contribution is 5.54. The van der Waals surface area contributed by atoms with Gasteiger partial charge in [-0.25, -0.2) is 0 Å². The number of ether oxygens (including phenoxy) is 3. The van der Waals surface area contributed by atoms with Crippen LogP contribution >= 0.6 is 0 Å². The summed E-state index contributed by atoms with van der Waals surface area (Å²) in [4.78, 5) is 0. The van der Waals surface area contributed by atoms with E-state index in [1.54, 1.807) is 7.11 Å². The lowest BCUT2D eigenvalue weighted by Gasteiger charge is -2.43. The average molecular weight is 460 g/mol. The largest absolute Gasteiger partial charge is 0.485 e. The molecule has 34 heavy (non-hydrogen) atoms. The summed E-state index contributed by atoms with van der Waals surface area (Å²) < 4.78 is 18.7. The van der Waals surface area contributed by atoms with Crippen molar-refractivity contribution in [2.75, 3.05) is 12.4 Å². The van der Waals surface area contributed by atoms with Gasteiger partial charge in [-0.1, -0.05) is 75.4 Å². The molecule has 2 unspecified atom stereocenters. The molecule has 0 saturated carbocycles. The van der Waals surface area contributed by atoms with E-state index in [1.165, 1.54) is 11.1 Å². The Labute approximate surface area is 204 Å². The number of hydrogen-bond acceptors (Lipinski definition) is 4. The van der Waals surface area contributed by atoms with Gasteiger partial charge in [0.15, 0.2) is 0 Å². The Bertz CT molecular complexity index is 1080. The standard InChI is InChI=1S/C30H37NO3/c1-29(2,3)23-14-12-21(13-15-23)19-31-24-16-17-26-25(18-24)27(28(32-6)30(4,5)34-26)33-20-22-10-8-7-9-11-22/h7-18,27-28,31H,19-20H2,1-6H3. The van der Waals surface area contributed by atoms with Crippen LogP contribution in [0.1, 0.15) is 63.0 Å². The Morgan fingerprint density at radius 3 is 2.26 bits per heavy atom. The van der Waals surface area contributed by atoms with E-state index >= 15 is 0 Å². The van der Waals surface area contributed by atoms with E-state index in [4.69, 9.17) is 14.2 Å². The minimum atomic E-state index is -0.507. The van der Waals surface area contributed by atoms with Gasteiger partial charge in [-0.3, -0.25) is 0 Å². The number of benzene rings is 3. The van der Waals surface area contributed by atoms with E-state index in [-0.39, 0.29) is 17.6 Å². The van der Waals surface area contributed by atoms with E-state index in [2.05, 4.69) is 88.5 Å². The Hall–Kier alpha value is -2.82. The summed E-state index contributed by atoms with van der Waals surface area (Å²) in [5.41, 5.74) is 5.41. The Morgan fingerprint density at radius 1 is 0.912 bits per heavy atom. The lowest BCUT2D eigenvalue weighted by molar-refractivity contribution is -0.153. The van der Waals surface area contributed by atoms with Crippen LogP contribution in [0.25, 0.3) is 0 Å². The third-order valence-electron chi connectivity index (χ3n) is 6.49. The van der Waals surface area contributed by atoms with E-state index in [1.807, 2.05) is 24.3 Å². The summed E-state index contributed by atoms with van der Waals surface area (Å²) in [5.74, 6) is 0.844. The molecular weight excluding hydrogens is 422 g/mol. The van der Waals surface area contributed by atoms with Crippen LogP contribution in [0.4, 0.5) is 5.69 Å². The van der Waals surface area contributed by atoms with Crippen LogP contribution < -0.4 is 10.1 Å². The third-order valence-corrected chi connectivity index (χ3v) is 6.49. The highest BCUT2D eigenvalue weighted by atomic mass is 16.6. The molecule has 0 amide bonds. The molecule has 3 aromatic carbocycles. The van der Waals surface area contributed by atoms with Gasteiger partial charge in [-0.2, -0.15) is 0 Å². The highest BCUT2D eigenvalue weighted by Crippen LogP contribution is 2.44. The number of fused-ring (bicyclic) bond motifs is 1. The minimum Gasteiger partial charge on any atom is -0.485 e.